The number of amides is 1. The molecule has 2 aliphatic rings. The van der Waals surface area contributed by atoms with Crippen LogP contribution in [-0.4, -0.2) is 55.8 Å². The average Bonchev–Trinajstić information content (AvgIpc) is 3.50. The highest BCUT2D eigenvalue weighted by atomic mass is 32.2. The van der Waals surface area contributed by atoms with Gasteiger partial charge in [-0.2, -0.15) is 9.57 Å². The average molecular weight is 405 g/mol. The van der Waals surface area contributed by atoms with Gasteiger partial charge in [-0.05, 0) is 50.3 Å². The summed E-state index contributed by atoms with van der Waals surface area (Å²) in [4.78, 5) is 14.5. The Hall–Kier alpha value is -1.95. The van der Waals surface area contributed by atoms with Gasteiger partial charge in [-0.3, -0.25) is 9.69 Å². The van der Waals surface area contributed by atoms with E-state index in [1.165, 1.54) is 0 Å². The number of nitrogens with zero attached hydrogens (tertiary/aromatic N) is 3. The smallest absolute Gasteiger partial charge is 0.243 e. The molecule has 8 heteroatoms. The first kappa shape index (κ1) is 20.8. The van der Waals surface area contributed by atoms with Crippen molar-refractivity contribution in [2.75, 3.05) is 31.5 Å². The second-order valence-electron chi connectivity index (χ2n) is 7.64. The molecule has 1 amide bonds. The zero-order chi connectivity index (χ0) is 20.1. The first-order chi connectivity index (χ1) is 13.4. The van der Waals surface area contributed by atoms with Gasteiger partial charge in [-0.1, -0.05) is 18.9 Å². The van der Waals surface area contributed by atoms with Crippen molar-refractivity contribution in [3.8, 4) is 6.07 Å². The molecule has 1 heterocycles. The topological polar surface area (TPSA) is 93.5 Å². The molecule has 1 saturated heterocycles. The van der Waals surface area contributed by atoms with Crippen LogP contribution in [0.4, 0.5) is 5.69 Å². The maximum absolute atomic E-state index is 13.1. The summed E-state index contributed by atoms with van der Waals surface area (Å²) >= 11 is 0. The van der Waals surface area contributed by atoms with Crippen LogP contribution in [0.25, 0.3) is 0 Å². The Bertz CT molecular complexity index is 851. The van der Waals surface area contributed by atoms with E-state index in [1.54, 1.807) is 29.4 Å². The summed E-state index contributed by atoms with van der Waals surface area (Å²) in [6.45, 7) is 3.23. The minimum absolute atomic E-state index is 0.139. The molecule has 1 aliphatic heterocycles. The van der Waals surface area contributed by atoms with E-state index in [2.05, 4.69) is 11.4 Å². The van der Waals surface area contributed by atoms with E-state index in [1.807, 2.05) is 4.90 Å². The molecule has 28 heavy (non-hydrogen) atoms. The molecule has 0 atom stereocenters. The molecular weight excluding hydrogens is 376 g/mol. The van der Waals surface area contributed by atoms with E-state index in [0.717, 1.165) is 38.5 Å². The molecule has 0 aromatic heterocycles. The number of aryl methyl sites for hydroxylation is 1. The van der Waals surface area contributed by atoms with Crippen molar-refractivity contribution in [3.05, 3.63) is 23.8 Å². The maximum atomic E-state index is 13.1. The van der Waals surface area contributed by atoms with Crippen LogP contribution in [0.15, 0.2) is 23.1 Å². The molecule has 152 valence electrons. The highest BCUT2D eigenvalue weighted by Crippen LogP contribution is 2.27. The highest BCUT2D eigenvalue weighted by molar-refractivity contribution is 7.89. The molecule has 0 unspecified atom stereocenters. The summed E-state index contributed by atoms with van der Waals surface area (Å²) in [6, 6.07) is 7.41. The fourth-order valence-corrected chi connectivity index (χ4v) is 5.37. The quantitative estimate of drug-likeness (QED) is 0.705. The molecule has 0 radical (unpaired) electrons. The third kappa shape index (κ3) is 5.10. The van der Waals surface area contributed by atoms with Crippen molar-refractivity contribution in [2.24, 2.45) is 0 Å². The van der Waals surface area contributed by atoms with Gasteiger partial charge in [0.15, 0.2) is 0 Å². The minimum atomic E-state index is -3.58. The van der Waals surface area contributed by atoms with E-state index in [9.17, 15) is 13.2 Å². The number of carbonyl (C=O) groups is 1. The van der Waals surface area contributed by atoms with Gasteiger partial charge in [-0.25, -0.2) is 8.42 Å². The van der Waals surface area contributed by atoms with Crippen LogP contribution in [0.3, 0.4) is 0 Å². The Morgan fingerprint density at radius 2 is 1.93 bits per heavy atom. The molecule has 0 spiro atoms. The molecule has 1 saturated carbocycles. The third-order valence-corrected chi connectivity index (χ3v) is 7.38. The van der Waals surface area contributed by atoms with E-state index >= 15 is 0 Å². The van der Waals surface area contributed by atoms with Gasteiger partial charge in [0, 0.05) is 24.8 Å². The maximum Gasteiger partial charge on any atom is 0.243 e. The van der Waals surface area contributed by atoms with Gasteiger partial charge in [0.25, 0.3) is 0 Å². The van der Waals surface area contributed by atoms with E-state index in [-0.39, 0.29) is 23.9 Å². The van der Waals surface area contributed by atoms with Crippen molar-refractivity contribution in [1.29, 1.82) is 5.26 Å². The van der Waals surface area contributed by atoms with Crippen molar-refractivity contribution >= 4 is 21.6 Å². The van der Waals surface area contributed by atoms with Gasteiger partial charge in [-0.15, -0.1) is 0 Å². The SMILES string of the molecule is Cc1ccc(NC(=O)CN(CC#N)C2CC2)cc1S(=O)(=O)N1CCCCCC1. The van der Waals surface area contributed by atoms with Crippen molar-refractivity contribution in [1.82, 2.24) is 9.21 Å². The number of rotatable bonds is 7. The summed E-state index contributed by atoms with van der Waals surface area (Å²) in [5, 5.41) is 11.7. The second kappa shape index (κ2) is 9.03. The predicted molar refractivity (Wildman–Crippen MR) is 107 cm³/mol. The van der Waals surface area contributed by atoms with Gasteiger partial charge in [0.05, 0.1) is 24.1 Å². The van der Waals surface area contributed by atoms with Gasteiger partial charge in [0.1, 0.15) is 0 Å². The molecule has 7 nitrogen and oxygen atoms in total. The molecule has 1 aliphatic carbocycles. The molecule has 1 aromatic rings. The fraction of sp³-hybridized carbons (Fsp3) is 0.600. The zero-order valence-electron chi connectivity index (χ0n) is 16.4. The first-order valence-corrected chi connectivity index (χ1v) is 11.4. The summed E-state index contributed by atoms with van der Waals surface area (Å²) < 4.78 is 27.8. The largest absolute Gasteiger partial charge is 0.325 e. The number of nitriles is 1. The Balaban J connectivity index is 1.73. The van der Waals surface area contributed by atoms with E-state index in [0.29, 0.717) is 30.4 Å². The number of anilines is 1. The Labute approximate surface area is 167 Å². The second-order valence-corrected chi connectivity index (χ2v) is 9.55. The summed E-state index contributed by atoms with van der Waals surface area (Å²) in [7, 11) is -3.58. The molecule has 1 N–H and O–H groups in total. The molecule has 2 fully saturated rings. The van der Waals surface area contributed by atoms with Crippen LogP contribution in [0.1, 0.15) is 44.1 Å². The van der Waals surface area contributed by atoms with Crippen molar-refractivity contribution in [3.63, 3.8) is 0 Å². The summed E-state index contributed by atoms with van der Waals surface area (Å²) in [5.41, 5.74) is 1.14. The highest BCUT2D eigenvalue weighted by Gasteiger charge is 2.30. The number of sulfonamides is 1. The molecule has 3 rings (SSSR count). The lowest BCUT2D eigenvalue weighted by atomic mass is 10.2. The standard InChI is InChI=1S/C20H28N4O3S/c1-16-6-7-17(22-20(25)15-23(13-10-21)18-8-9-18)14-19(16)28(26,27)24-11-4-2-3-5-12-24/h6-7,14,18H,2-5,8-9,11-13,15H2,1H3,(H,22,25). The van der Waals surface area contributed by atoms with Crippen LogP contribution >= 0.6 is 0 Å². The number of carbonyl (C=O) groups excluding carboxylic acids is 1. The van der Waals surface area contributed by atoms with Gasteiger partial charge in [0.2, 0.25) is 15.9 Å². The Kier molecular flexibility index (Phi) is 6.70. The normalized spacial score (nSPS) is 18.5. The zero-order valence-corrected chi connectivity index (χ0v) is 17.2. The minimum Gasteiger partial charge on any atom is -0.325 e. The van der Waals surface area contributed by atoms with Crippen molar-refractivity contribution in [2.45, 2.75) is 56.4 Å². The first-order valence-electron chi connectivity index (χ1n) is 9.93. The number of benzene rings is 1. The number of nitrogens with one attached hydrogen (secondary N) is 1. The Morgan fingerprint density at radius 3 is 2.54 bits per heavy atom. The van der Waals surface area contributed by atoms with Crippen LogP contribution in [-0.2, 0) is 14.8 Å². The molecule has 0 bridgehead atoms. The van der Waals surface area contributed by atoms with Crippen LogP contribution in [0.2, 0.25) is 0 Å². The predicted octanol–water partition coefficient (Wildman–Crippen LogP) is 2.49. The van der Waals surface area contributed by atoms with Crippen LogP contribution < -0.4 is 5.32 Å². The Morgan fingerprint density at radius 1 is 1.25 bits per heavy atom. The lowest BCUT2D eigenvalue weighted by Gasteiger charge is -2.22. The summed E-state index contributed by atoms with van der Waals surface area (Å²) in [6.07, 6.45) is 5.90. The van der Waals surface area contributed by atoms with Crippen LogP contribution in [0.5, 0.6) is 0 Å². The number of hydrogen-bond acceptors (Lipinski definition) is 5. The molecule has 1 aromatic carbocycles. The lowest BCUT2D eigenvalue weighted by molar-refractivity contribution is -0.117. The third-order valence-electron chi connectivity index (χ3n) is 5.34. The van der Waals surface area contributed by atoms with Gasteiger partial charge < -0.3 is 5.32 Å². The van der Waals surface area contributed by atoms with E-state index < -0.39 is 10.0 Å². The van der Waals surface area contributed by atoms with E-state index in [4.69, 9.17) is 5.26 Å². The number of hydrogen-bond donors (Lipinski definition) is 1. The fourth-order valence-electron chi connectivity index (χ4n) is 3.61. The summed E-state index contributed by atoms with van der Waals surface area (Å²) in [5.74, 6) is -0.232. The monoisotopic (exact) mass is 404 g/mol. The van der Waals surface area contributed by atoms with Crippen molar-refractivity contribution < 1.29 is 13.2 Å². The lowest BCUT2D eigenvalue weighted by Crippen LogP contribution is -2.35. The molecular formula is C20H28N4O3S. The van der Waals surface area contributed by atoms with Crippen LogP contribution in [0, 0.1) is 18.3 Å². The van der Waals surface area contributed by atoms with Gasteiger partial charge >= 0.3 is 0 Å².